The molecule has 27 heavy (non-hydrogen) atoms. The fourth-order valence-electron chi connectivity index (χ4n) is 2.77. The Hall–Kier alpha value is -2.08. The molecular weight excluding hydrogens is 342 g/mol. The second-order valence-electron chi connectivity index (χ2n) is 6.77. The highest BCUT2D eigenvalue weighted by Crippen LogP contribution is 2.29. The van der Waals surface area contributed by atoms with E-state index in [1.807, 2.05) is 48.5 Å². The second kappa shape index (κ2) is 10.9. The quantitative estimate of drug-likeness (QED) is 0.634. The van der Waals surface area contributed by atoms with Crippen LogP contribution in [-0.4, -0.2) is 44.6 Å². The minimum atomic E-state index is -0.516. The molecule has 148 valence electrons. The highest BCUT2D eigenvalue weighted by molar-refractivity contribution is 5.36. The first kappa shape index (κ1) is 21.2. The molecule has 2 aromatic carbocycles. The van der Waals surface area contributed by atoms with Crippen molar-refractivity contribution < 1.29 is 24.6 Å². The van der Waals surface area contributed by atoms with Crippen molar-refractivity contribution in [3.63, 3.8) is 0 Å². The Kier molecular flexibility index (Phi) is 8.58. The number of hydrogen-bond donors (Lipinski definition) is 2. The molecule has 0 fully saturated rings. The molecular formula is C22H32NO4+. The maximum absolute atomic E-state index is 10.3. The molecule has 5 heteroatoms. The summed E-state index contributed by atoms with van der Waals surface area (Å²) in [4.78, 5) is 0. The summed E-state index contributed by atoms with van der Waals surface area (Å²) in [6.07, 6.45) is 0.298. The van der Waals surface area contributed by atoms with Gasteiger partial charge in [-0.05, 0) is 48.7 Å². The summed E-state index contributed by atoms with van der Waals surface area (Å²) in [6, 6.07) is 16.1. The Bertz CT molecular complexity index is 610. The predicted octanol–water partition coefficient (Wildman–Crippen LogP) is 2.53. The van der Waals surface area contributed by atoms with E-state index in [9.17, 15) is 5.11 Å². The zero-order chi connectivity index (χ0) is 19.6. The van der Waals surface area contributed by atoms with E-state index in [0.29, 0.717) is 12.6 Å². The zero-order valence-electron chi connectivity index (χ0n) is 16.7. The molecule has 0 radical (unpaired) electrons. The Labute approximate surface area is 162 Å². The van der Waals surface area contributed by atoms with Crippen LogP contribution < -0.4 is 14.8 Å². The molecule has 0 aliphatic rings. The summed E-state index contributed by atoms with van der Waals surface area (Å²) in [6.45, 7) is 5.21. The van der Waals surface area contributed by atoms with Gasteiger partial charge in [-0.2, -0.15) is 0 Å². The van der Waals surface area contributed by atoms with Gasteiger partial charge in [0.25, 0.3) is 0 Å². The van der Waals surface area contributed by atoms with Crippen LogP contribution >= 0.6 is 0 Å². The molecule has 0 bridgehead atoms. The van der Waals surface area contributed by atoms with Gasteiger partial charge in [-0.15, -0.1) is 0 Å². The van der Waals surface area contributed by atoms with E-state index < -0.39 is 6.10 Å². The summed E-state index contributed by atoms with van der Waals surface area (Å²) in [5.74, 6) is 1.60. The van der Waals surface area contributed by atoms with E-state index in [0.717, 1.165) is 29.0 Å². The lowest BCUT2D eigenvalue weighted by atomic mass is 10.0. The number of ether oxygens (including phenoxy) is 3. The molecule has 0 spiro atoms. The number of methoxy groups -OCH3 is 2. The maximum atomic E-state index is 10.3. The molecule has 0 amide bonds. The number of aliphatic hydroxyl groups excluding tert-OH is 1. The number of benzene rings is 2. The van der Waals surface area contributed by atoms with Crippen LogP contribution in [0, 0.1) is 0 Å². The van der Waals surface area contributed by atoms with Gasteiger partial charge in [-0.25, -0.2) is 0 Å². The number of quaternary nitrogens is 1. The van der Waals surface area contributed by atoms with Gasteiger partial charge in [0.2, 0.25) is 0 Å². The normalized spacial score (nSPS) is 13.4. The van der Waals surface area contributed by atoms with Gasteiger partial charge in [-0.1, -0.05) is 31.2 Å². The third kappa shape index (κ3) is 6.54. The summed E-state index contributed by atoms with van der Waals surface area (Å²) in [7, 11) is 3.30. The van der Waals surface area contributed by atoms with Gasteiger partial charge in [0.1, 0.15) is 30.3 Å². The van der Waals surface area contributed by atoms with E-state index >= 15 is 0 Å². The van der Waals surface area contributed by atoms with Gasteiger partial charge in [0.05, 0.1) is 26.9 Å². The van der Waals surface area contributed by atoms with Crippen molar-refractivity contribution in [2.75, 3.05) is 27.4 Å². The third-order valence-electron chi connectivity index (χ3n) is 4.75. The van der Waals surface area contributed by atoms with Crippen LogP contribution in [-0.2, 0) is 4.74 Å². The van der Waals surface area contributed by atoms with Crippen molar-refractivity contribution in [2.45, 2.75) is 38.5 Å². The summed E-state index contributed by atoms with van der Waals surface area (Å²) >= 11 is 0. The lowest BCUT2D eigenvalue weighted by molar-refractivity contribution is -0.692. The van der Waals surface area contributed by atoms with E-state index in [2.05, 4.69) is 19.2 Å². The van der Waals surface area contributed by atoms with Crippen molar-refractivity contribution >= 4 is 0 Å². The van der Waals surface area contributed by atoms with Crippen molar-refractivity contribution in [3.8, 4) is 11.5 Å². The standard InChI is InChI=1S/C22H31NO4/c1-5-16(2)23-14-19(24)15-27-22(17-6-10-20(25-3)11-7-17)18-8-12-21(26-4)13-9-18/h6-13,16,19,22-24H,5,14-15H2,1-4H3/p+1/t16-,19-/m0/s1. The molecule has 2 aromatic rings. The smallest absolute Gasteiger partial charge is 0.126 e. The molecule has 0 saturated carbocycles. The largest absolute Gasteiger partial charge is 0.497 e. The van der Waals surface area contributed by atoms with Gasteiger partial charge in [0, 0.05) is 0 Å². The number of rotatable bonds is 11. The number of aliphatic hydroxyl groups is 1. The molecule has 2 atom stereocenters. The molecule has 0 aliphatic carbocycles. The van der Waals surface area contributed by atoms with Crippen molar-refractivity contribution in [1.82, 2.24) is 0 Å². The molecule has 0 saturated heterocycles. The minimum absolute atomic E-state index is 0.264. The first-order chi connectivity index (χ1) is 13.1. The summed E-state index contributed by atoms with van der Waals surface area (Å²) in [5.41, 5.74) is 2.03. The average Bonchev–Trinajstić information content (AvgIpc) is 2.73. The van der Waals surface area contributed by atoms with Gasteiger partial charge in [-0.3, -0.25) is 0 Å². The maximum Gasteiger partial charge on any atom is 0.126 e. The Morgan fingerprint density at radius 3 is 1.78 bits per heavy atom. The molecule has 0 heterocycles. The van der Waals surface area contributed by atoms with Crippen LogP contribution in [0.15, 0.2) is 48.5 Å². The van der Waals surface area contributed by atoms with Crippen LogP contribution in [0.5, 0.6) is 11.5 Å². The number of nitrogens with two attached hydrogens (primary N) is 1. The highest BCUT2D eigenvalue weighted by atomic mass is 16.5. The van der Waals surface area contributed by atoms with Crippen LogP contribution in [0.4, 0.5) is 0 Å². The van der Waals surface area contributed by atoms with E-state index in [1.54, 1.807) is 14.2 Å². The monoisotopic (exact) mass is 374 g/mol. The molecule has 3 N–H and O–H groups in total. The highest BCUT2D eigenvalue weighted by Gasteiger charge is 2.18. The first-order valence-corrected chi connectivity index (χ1v) is 9.48. The van der Waals surface area contributed by atoms with Crippen LogP contribution in [0.25, 0.3) is 0 Å². The lowest BCUT2D eigenvalue weighted by Crippen LogP contribution is -2.91. The molecule has 2 rings (SSSR count). The predicted molar refractivity (Wildman–Crippen MR) is 106 cm³/mol. The van der Waals surface area contributed by atoms with E-state index in [1.165, 1.54) is 0 Å². The van der Waals surface area contributed by atoms with Gasteiger partial charge < -0.3 is 24.6 Å². The average molecular weight is 375 g/mol. The zero-order valence-corrected chi connectivity index (χ0v) is 16.7. The van der Waals surface area contributed by atoms with E-state index in [-0.39, 0.29) is 12.7 Å². The SMILES string of the molecule is CC[C@H](C)[NH2+]C[C@H](O)COC(c1ccc(OC)cc1)c1ccc(OC)cc1. The first-order valence-electron chi connectivity index (χ1n) is 9.48. The second-order valence-corrected chi connectivity index (χ2v) is 6.77. The van der Waals surface area contributed by atoms with E-state index in [4.69, 9.17) is 14.2 Å². The third-order valence-corrected chi connectivity index (χ3v) is 4.75. The molecule has 0 unspecified atom stereocenters. The van der Waals surface area contributed by atoms with Crippen molar-refractivity contribution in [3.05, 3.63) is 59.7 Å². The summed E-state index contributed by atoms with van der Waals surface area (Å²) < 4.78 is 16.6. The van der Waals surface area contributed by atoms with Crippen LogP contribution in [0.2, 0.25) is 0 Å². The molecule has 5 nitrogen and oxygen atoms in total. The minimum Gasteiger partial charge on any atom is -0.497 e. The van der Waals surface area contributed by atoms with Crippen molar-refractivity contribution in [1.29, 1.82) is 0 Å². The Balaban J connectivity index is 2.11. The van der Waals surface area contributed by atoms with Crippen molar-refractivity contribution in [2.24, 2.45) is 0 Å². The lowest BCUT2D eigenvalue weighted by Gasteiger charge is -2.21. The Morgan fingerprint density at radius 1 is 0.889 bits per heavy atom. The number of hydrogen-bond acceptors (Lipinski definition) is 4. The Morgan fingerprint density at radius 2 is 1.37 bits per heavy atom. The van der Waals surface area contributed by atoms with Crippen LogP contribution in [0.3, 0.4) is 0 Å². The fourth-order valence-corrected chi connectivity index (χ4v) is 2.77. The fraction of sp³-hybridized carbons (Fsp3) is 0.455. The summed E-state index contributed by atoms with van der Waals surface area (Å²) in [5, 5.41) is 12.5. The molecule has 0 aliphatic heterocycles. The topological polar surface area (TPSA) is 64.5 Å². The molecule has 0 aromatic heterocycles. The van der Waals surface area contributed by atoms with Gasteiger partial charge >= 0.3 is 0 Å². The van der Waals surface area contributed by atoms with Crippen LogP contribution in [0.1, 0.15) is 37.5 Å². The van der Waals surface area contributed by atoms with Gasteiger partial charge in [0.15, 0.2) is 0 Å².